The quantitative estimate of drug-likeness (QED) is 0.395. The van der Waals surface area contributed by atoms with E-state index in [0.29, 0.717) is 5.38 Å². The van der Waals surface area contributed by atoms with Crippen molar-refractivity contribution in [2.24, 2.45) is 0 Å². The average Bonchev–Trinajstić information content (AvgIpc) is 1.82. The molecule has 0 aromatic heterocycles. The van der Waals surface area contributed by atoms with Crippen molar-refractivity contribution in [1.29, 1.82) is 0 Å². The second-order valence-electron chi connectivity index (χ2n) is 5.24. The van der Waals surface area contributed by atoms with Crippen molar-refractivity contribution in [3.63, 3.8) is 0 Å². The molecule has 0 aromatic rings. The lowest BCUT2D eigenvalue weighted by molar-refractivity contribution is -0.289. The highest BCUT2D eigenvalue weighted by atomic mass is 32.2. The summed E-state index contributed by atoms with van der Waals surface area (Å²) in [5, 5.41) is 14.4. The predicted molar refractivity (Wildman–Crippen MR) is 64.5 cm³/mol. The molecule has 0 heterocycles. The zero-order valence-corrected chi connectivity index (χ0v) is 11.7. The first-order valence-electron chi connectivity index (χ1n) is 4.54. The predicted octanol–water partition coefficient (Wildman–Crippen LogP) is 2.11. The van der Waals surface area contributed by atoms with E-state index in [9.17, 15) is 5.11 Å². The van der Waals surface area contributed by atoms with Crippen molar-refractivity contribution in [3.8, 4) is 0 Å². The van der Waals surface area contributed by atoms with Crippen LogP contribution in [0.5, 0.6) is 0 Å². The van der Waals surface area contributed by atoms with Crippen molar-refractivity contribution in [1.82, 2.24) is 0 Å². The summed E-state index contributed by atoms with van der Waals surface area (Å²) in [4.78, 5) is 0. The normalized spacial score (nSPS) is 15.2. The second-order valence-corrected chi connectivity index (χ2v) is 12.5. The third-order valence-electron chi connectivity index (χ3n) is 2.83. The van der Waals surface area contributed by atoms with Crippen LogP contribution in [0, 0.1) is 0 Å². The van der Waals surface area contributed by atoms with Crippen LogP contribution in [0.2, 0.25) is 18.1 Å². The minimum Gasteiger partial charge on any atom is -0.875 e. The van der Waals surface area contributed by atoms with Crippen molar-refractivity contribution in [3.05, 3.63) is 10.8 Å². The topological polar surface area (TPSA) is 23.1 Å². The van der Waals surface area contributed by atoms with Crippen molar-refractivity contribution < 1.29 is 5.11 Å². The van der Waals surface area contributed by atoms with Gasteiger partial charge >= 0.3 is 0 Å². The van der Waals surface area contributed by atoms with Crippen LogP contribution in [-0.2, 0) is 10.9 Å². The molecule has 0 aliphatic heterocycles. The number of hydrogen-bond acceptors (Lipinski definition) is 1. The van der Waals surface area contributed by atoms with E-state index in [4.69, 9.17) is 0 Å². The first kappa shape index (κ1) is 13.1. The summed E-state index contributed by atoms with van der Waals surface area (Å²) < 4.78 is 0. The van der Waals surface area contributed by atoms with Gasteiger partial charge in [0.25, 0.3) is 0 Å². The lowest BCUT2D eigenvalue weighted by Crippen LogP contribution is -2.44. The number of hydrogen-bond donors (Lipinski definition) is 0. The molecule has 0 aliphatic rings. The molecule has 0 fully saturated rings. The Balaban J connectivity index is 4.85. The van der Waals surface area contributed by atoms with Crippen LogP contribution in [0.1, 0.15) is 20.8 Å². The monoisotopic (exact) mass is 218 g/mol. The van der Waals surface area contributed by atoms with Gasteiger partial charge in [-0.1, -0.05) is 39.2 Å². The van der Waals surface area contributed by atoms with Gasteiger partial charge in [-0.15, -0.1) is 0 Å². The molecule has 0 rings (SSSR count). The van der Waals surface area contributed by atoms with Crippen LogP contribution in [0.15, 0.2) is 10.8 Å². The fourth-order valence-corrected chi connectivity index (χ4v) is 3.78. The van der Waals surface area contributed by atoms with Crippen LogP contribution in [0.25, 0.3) is 0 Å². The third-order valence-corrected chi connectivity index (χ3v) is 8.85. The zero-order valence-electron chi connectivity index (χ0n) is 9.89. The minimum absolute atomic E-state index is 0.133. The zero-order chi connectivity index (χ0) is 10.9. The summed E-state index contributed by atoms with van der Waals surface area (Å²) in [5.74, 6) is 0. The fraction of sp³-hybridized carbons (Fsp3) is 0.800. The minimum atomic E-state index is -1.76. The van der Waals surface area contributed by atoms with E-state index in [1.807, 2.05) is 5.41 Å². The lowest BCUT2D eigenvalue weighted by atomic mass is 10.2. The highest BCUT2D eigenvalue weighted by molar-refractivity contribution is 7.98. The molecular formula is C10H22OSSi. The Hall–Kier alpha value is 0.107. The highest BCUT2D eigenvalue weighted by Crippen LogP contribution is 2.38. The Morgan fingerprint density at radius 2 is 1.62 bits per heavy atom. The van der Waals surface area contributed by atoms with Gasteiger partial charge in [-0.2, -0.15) is 0 Å². The Labute approximate surface area is 86.6 Å². The lowest BCUT2D eigenvalue weighted by Gasteiger charge is -2.41. The van der Waals surface area contributed by atoms with Gasteiger partial charge < -0.3 is 5.11 Å². The van der Waals surface area contributed by atoms with E-state index in [-0.39, 0.29) is 15.9 Å². The van der Waals surface area contributed by atoms with Crippen molar-refractivity contribution >= 4 is 19.0 Å². The summed E-state index contributed by atoms with van der Waals surface area (Å²) in [5.41, 5.74) is 0. The van der Waals surface area contributed by atoms with Crippen LogP contribution in [0.3, 0.4) is 0 Å². The molecule has 0 N–H and O–H groups in total. The Morgan fingerprint density at radius 1 is 1.23 bits per heavy atom. The molecular weight excluding hydrogens is 196 g/mol. The Morgan fingerprint density at radius 3 is 1.85 bits per heavy atom. The van der Waals surface area contributed by atoms with Crippen LogP contribution < -0.4 is 5.11 Å². The second kappa shape index (κ2) is 4.09. The molecule has 0 atom stereocenters. The Bertz CT molecular complexity index is 201. The molecule has 0 aliphatic carbocycles. The van der Waals surface area contributed by atoms with Crippen molar-refractivity contribution in [2.75, 3.05) is 12.5 Å². The SMILES string of the molecule is C[S+](C)/C=C(\[O-])[Si](C)(C)C(C)(C)C. The van der Waals surface area contributed by atoms with E-state index in [2.05, 4.69) is 46.4 Å². The maximum Gasteiger partial charge on any atom is 0.103 e. The third kappa shape index (κ3) is 3.39. The van der Waals surface area contributed by atoms with Gasteiger partial charge in [0, 0.05) is 10.9 Å². The molecule has 0 bridgehead atoms. The standard InChI is InChI=1S/C10H22OSSi/c1-10(2,3)13(6,7)9(11)8-12(4)5/h8H,1-7H3/b9-8+. The molecule has 13 heavy (non-hydrogen) atoms. The highest BCUT2D eigenvalue weighted by Gasteiger charge is 2.35. The van der Waals surface area contributed by atoms with E-state index < -0.39 is 8.07 Å². The van der Waals surface area contributed by atoms with Gasteiger partial charge in [0.05, 0.1) is 8.07 Å². The fourth-order valence-electron chi connectivity index (χ4n) is 0.731. The van der Waals surface area contributed by atoms with Gasteiger partial charge in [-0.05, 0) is 5.04 Å². The van der Waals surface area contributed by atoms with Gasteiger partial charge in [-0.3, -0.25) is 0 Å². The summed E-state index contributed by atoms with van der Waals surface area (Å²) in [6, 6.07) is 0. The summed E-state index contributed by atoms with van der Waals surface area (Å²) in [6.07, 6.45) is 4.18. The first-order valence-corrected chi connectivity index (χ1v) is 9.65. The van der Waals surface area contributed by atoms with Gasteiger partial charge in [0.15, 0.2) is 0 Å². The molecule has 0 saturated heterocycles. The van der Waals surface area contributed by atoms with E-state index in [1.54, 1.807) is 0 Å². The summed E-state index contributed by atoms with van der Waals surface area (Å²) in [6.45, 7) is 10.9. The largest absolute Gasteiger partial charge is 0.875 e. The smallest absolute Gasteiger partial charge is 0.103 e. The van der Waals surface area contributed by atoms with Gasteiger partial charge in [0.1, 0.15) is 17.9 Å². The summed E-state index contributed by atoms with van der Waals surface area (Å²) in [7, 11) is -1.63. The van der Waals surface area contributed by atoms with Crippen LogP contribution in [-0.4, -0.2) is 20.6 Å². The molecule has 0 saturated carbocycles. The van der Waals surface area contributed by atoms with E-state index >= 15 is 0 Å². The molecule has 0 radical (unpaired) electrons. The molecule has 3 heteroatoms. The first-order chi connectivity index (χ1) is 5.59. The van der Waals surface area contributed by atoms with Crippen LogP contribution in [0.4, 0.5) is 0 Å². The molecule has 0 spiro atoms. The molecule has 0 unspecified atom stereocenters. The van der Waals surface area contributed by atoms with E-state index in [1.165, 1.54) is 0 Å². The van der Waals surface area contributed by atoms with Crippen LogP contribution >= 0.6 is 0 Å². The van der Waals surface area contributed by atoms with Gasteiger partial charge in [0.2, 0.25) is 0 Å². The number of rotatable bonds is 2. The summed E-state index contributed by atoms with van der Waals surface area (Å²) >= 11 is 0. The maximum atomic E-state index is 11.9. The molecule has 0 amide bonds. The molecule has 0 aromatic carbocycles. The Kier molecular flexibility index (Phi) is 4.12. The maximum absolute atomic E-state index is 11.9. The molecule has 1 nitrogen and oxygen atoms in total. The van der Waals surface area contributed by atoms with Gasteiger partial charge in [-0.25, -0.2) is 0 Å². The van der Waals surface area contributed by atoms with E-state index in [0.717, 1.165) is 0 Å². The molecule has 78 valence electrons. The van der Waals surface area contributed by atoms with Crippen molar-refractivity contribution in [2.45, 2.75) is 38.9 Å². The average molecular weight is 218 g/mol.